The van der Waals surface area contributed by atoms with E-state index in [-0.39, 0.29) is 0 Å². The van der Waals surface area contributed by atoms with Gasteiger partial charge in [0.05, 0.1) is 0 Å². The van der Waals surface area contributed by atoms with Crippen molar-refractivity contribution >= 4 is 11.6 Å². The maximum atomic E-state index is 5.96. The van der Waals surface area contributed by atoms with Crippen LogP contribution in [0.15, 0.2) is 24.3 Å². The average Bonchev–Trinajstić information content (AvgIpc) is 2.37. The van der Waals surface area contributed by atoms with E-state index >= 15 is 0 Å². The molecule has 0 aliphatic rings. The van der Waals surface area contributed by atoms with Gasteiger partial charge in [-0.2, -0.15) is 0 Å². The topological polar surface area (TPSA) is 12.0 Å². The molecule has 0 saturated heterocycles. The molecule has 0 aromatic heterocycles. The zero-order chi connectivity index (χ0) is 14.3. The van der Waals surface area contributed by atoms with Gasteiger partial charge in [-0.05, 0) is 49.8 Å². The van der Waals surface area contributed by atoms with Crippen LogP contribution in [0.3, 0.4) is 0 Å². The first-order valence-corrected chi connectivity index (χ1v) is 7.92. The van der Waals surface area contributed by atoms with E-state index in [1.807, 2.05) is 12.1 Å². The average molecular weight is 282 g/mol. The van der Waals surface area contributed by atoms with E-state index in [4.69, 9.17) is 11.6 Å². The molecule has 1 N–H and O–H groups in total. The standard InChI is InChI=1S/C17H28ClN/c1-5-6-17(15-9-11-16(18)12-10-15)19-14(4)8-7-13(2)3/h9-14,17,19H,5-8H2,1-4H3. The number of hydrogen-bond donors (Lipinski definition) is 1. The van der Waals surface area contributed by atoms with Gasteiger partial charge in [-0.15, -0.1) is 0 Å². The lowest BCUT2D eigenvalue weighted by Gasteiger charge is -2.24. The fourth-order valence-corrected chi connectivity index (χ4v) is 2.47. The van der Waals surface area contributed by atoms with Gasteiger partial charge in [0, 0.05) is 17.1 Å². The monoisotopic (exact) mass is 281 g/mol. The molecule has 0 amide bonds. The zero-order valence-corrected chi connectivity index (χ0v) is 13.5. The Morgan fingerprint density at radius 3 is 2.16 bits per heavy atom. The Bertz CT molecular complexity index is 345. The highest BCUT2D eigenvalue weighted by Crippen LogP contribution is 2.22. The smallest absolute Gasteiger partial charge is 0.0406 e. The number of rotatable bonds is 8. The number of benzene rings is 1. The van der Waals surface area contributed by atoms with E-state index in [2.05, 4.69) is 45.1 Å². The third-order valence-corrected chi connectivity index (χ3v) is 3.76. The lowest BCUT2D eigenvalue weighted by Crippen LogP contribution is -2.30. The molecule has 19 heavy (non-hydrogen) atoms. The molecule has 0 spiro atoms. The van der Waals surface area contributed by atoms with Gasteiger partial charge in [-0.3, -0.25) is 0 Å². The normalized spacial score (nSPS) is 14.6. The summed E-state index contributed by atoms with van der Waals surface area (Å²) in [5.41, 5.74) is 1.35. The third-order valence-electron chi connectivity index (χ3n) is 3.51. The van der Waals surface area contributed by atoms with E-state index < -0.39 is 0 Å². The molecule has 2 heteroatoms. The van der Waals surface area contributed by atoms with Crippen molar-refractivity contribution < 1.29 is 0 Å². The molecule has 1 aromatic carbocycles. The molecule has 0 radical (unpaired) electrons. The fourth-order valence-electron chi connectivity index (χ4n) is 2.34. The molecule has 0 aliphatic carbocycles. The predicted molar refractivity (Wildman–Crippen MR) is 85.8 cm³/mol. The summed E-state index contributed by atoms with van der Waals surface area (Å²) >= 11 is 5.96. The van der Waals surface area contributed by atoms with Crippen LogP contribution >= 0.6 is 11.6 Å². The maximum absolute atomic E-state index is 5.96. The van der Waals surface area contributed by atoms with Crippen molar-refractivity contribution in [1.82, 2.24) is 5.32 Å². The first-order valence-electron chi connectivity index (χ1n) is 7.54. The van der Waals surface area contributed by atoms with Gasteiger partial charge in [0.2, 0.25) is 0 Å². The number of hydrogen-bond acceptors (Lipinski definition) is 1. The van der Waals surface area contributed by atoms with Gasteiger partial charge in [0.25, 0.3) is 0 Å². The van der Waals surface area contributed by atoms with Gasteiger partial charge >= 0.3 is 0 Å². The molecule has 1 nitrogen and oxygen atoms in total. The minimum Gasteiger partial charge on any atom is -0.307 e. The summed E-state index contributed by atoms with van der Waals surface area (Å²) in [6.45, 7) is 9.11. The maximum Gasteiger partial charge on any atom is 0.0406 e. The molecule has 0 bridgehead atoms. The van der Waals surface area contributed by atoms with Crippen LogP contribution in [-0.2, 0) is 0 Å². The summed E-state index contributed by atoms with van der Waals surface area (Å²) in [5.74, 6) is 0.782. The van der Waals surface area contributed by atoms with E-state index in [1.54, 1.807) is 0 Å². The second-order valence-electron chi connectivity index (χ2n) is 5.93. The zero-order valence-electron chi connectivity index (χ0n) is 12.7. The molecule has 1 rings (SSSR count). The molecule has 2 unspecified atom stereocenters. The Labute approximate surface area is 123 Å². The van der Waals surface area contributed by atoms with Crippen LogP contribution in [0.25, 0.3) is 0 Å². The quantitative estimate of drug-likeness (QED) is 0.654. The van der Waals surface area contributed by atoms with Crippen molar-refractivity contribution in [2.75, 3.05) is 0 Å². The Morgan fingerprint density at radius 2 is 1.63 bits per heavy atom. The van der Waals surface area contributed by atoms with E-state index in [0.29, 0.717) is 12.1 Å². The van der Waals surface area contributed by atoms with Gasteiger partial charge in [0.1, 0.15) is 0 Å². The Hall–Kier alpha value is -0.530. The van der Waals surface area contributed by atoms with Gasteiger partial charge in [-0.25, -0.2) is 0 Å². The van der Waals surface area contributed by atoms with Crippen molar-refractivity contribution in [1.29, 1.82) is 0 Å². The van der Waals surface area contributed by atoms with Crippen molar-refractivity contribution in [2.24, 2.45) is 5.92 Å². The number of nitrogens with one attached hydrogen (secondary N) is 1. The Balaban J connectivity index is 2.59. The van der Waals surface area contributed by atoms with E-state index in [1.165, 1.54) is 31.2 Å². The molecule has 0 aliphatic heterocycles. The lowest BCUT2D eigenvalue weighted by molar-refractivity contribution is 0.389. The van der Waals surface area contributed by atoms with E-state index in [0.717, 1.165) is 10.9 Å². The van der Waals surface area contributed by atoms with Crippen molar-refractivity contribution in [3.8, 4) is 0 Å². The Kier molecular flexibility index (Phi) is 7.48. The van der Waals surface area contributed by atoms with Gasteiger partial charge in [-0.1, -0.05) is 50.9 Å². The Morgan fingerprint density at radius 1 is 1.00 bits per heavy atom. The summed E-state index contributed by atoms with van der Waals surface area (Å²) in [6, 6.07) is 9.27. The van der Waals surface area contributed by atoms with E-state index in [9.17, 15) is 0 Å². The molecular formula is C17H28ClN. The molecule has 0 saturated carbocycles. The van der Waals surface area contributed by atoms with Crippen molar-refractivity contribution in [3.63, 3.8) is 0 Å². The highest BCUT2D eigenvalue weighted by atomic mass is 35.5. The summed E-state index contributed by atoms with van der Waals surface area (Å²) in [4.78, 5) is 0. The molecule has 2 atom stereocenters. The van der Waals surface area contributed by atoms with Crippen LogP contribution < -0.4 is 5.32 Å². The minimum absolute atomic E-state index is 0.449. The molecule has 0 fully saturated rings. The van der Waals surface area contributed by atoms with Crippen LogP contribution in [-0.4, -0.2) is 6.04 Å². The predicted octanol–water partition coefficient (Wildman–Crippen LogP) is 5.60. The second kappa shape index (κ2) is 8.60. The van der Waals surface area contributed by atoms with Crippen LogP contribution in [0, 0.1) is 5.92 Å². The summed E-state index contributed by atoms with van der Waals surface area (Å²) in [5, 5.41) is 4.58. The molecule has 1 aromatic rings. The van der Waals surface area contributed by atoms with Crippen LogP contribution in [0.4, 0.5) is 0 Å². The summed E-state index contributed by atoms with van der Waals surface area (Å²) < 4.78 is 0. The molecule has 108 valence electrons. The SMILES string of the molecule is CCCC(NC(C)CCC(C)C)c1ccc(Cl)cc1. The highest BCUT2D eigenvalue weighted by Gasteiger charge is 2.13. The van der Waals surface area contributed by atoms with Crippen molar-refractivity contribution in [3.05, 3.63) is 34.9 Å². The third kappa shape index (κ3) is 6.44. The molecular weight excluding hydrogens is 254 g/mol. The minimum atomic E-state index is 0.449. The van der Waals surface area contributed by atoms with Crippen molar-refractivity contribution in [2.45, 2.75) is 65.5 Å². The second-order valence-corrected chi connectivity index (χ2v) is 6.37. The summed E-state index contributed by atoms with van der Waals surface area (Å²) in [7, 11) is 0. The highest BCUT2D eigenvalue weighted by molar-refractivity contribution is 6.30. The summed E-state index contributed by atoms with van der Waals surface area (Å²) in [6.07, 6.45) is 4.89. The van der Waals surface area contributed by atoms with Gasteiger partial charge < -0.3 is 5.32 Å². The van der Waals surface area contributed by atoms with Crippen LogP contribution in [0.5, 0.6) is 0 Å². The van der Waals surface area contributed by atoms with Crippen LogP contribution in [0.2, 0.25) is 5.02 Å². The lowest BCUT2D eigenvalue weighted by atomic mass is 9.99. The first-order chi connectivity index (χ1) is 9.02. The first kappa shape index (κ1) is 16.5. The number of halogens is 1. The fraction of sp³-hybridized carbons (Fsp3) is 0.647. The van der Waals surface area contributed by atoms with Crippen LogP contribution in [0.1, 0.15) is 65.0 Å². The van der Waals surface area contributed by atoms with Gasteiger partial charge in [0.15, 0.2) is 0 Å². The largest absolute Gasteiger partial charge is 0.307 e. The molecule has 0 heterocycles.